The van der Waals surface area contributed by atoms with Crippen LogP contribution >= 0.6 is 0 Å². The summed E-state index contributed by atoms with van der Waals surface area (Å²) in [6.45, 7) is 2.00. The fraction of sp³-hybridized carbons (Fsp3) is 0.0667. The van der Waals surface area contributed by atoms with Gasteiger partial charge in [-0.2, -0.15) is 0 Å². The van der Waals surface area contributed by atoms with Crippen molar-refractivity contribution in [2.45, 2.75) is 6.92 Å². The van der Waals surface area contributed by atoms with Crippen LogP contribution in [0.15, 0.2) is 59.1 Å². The lowest BCUT2D eigenvalue weighted by atomic mass is 10.1. The average Bonchev–Trinajstić information content (AvgIpc) is 2.83. The van der Waals surface area contributed by atoms with Crippen molar-refractivity contribution >= 4 is 0 Å². The van der Waals surface area contributed by atoms with Gasteiger partial charge in [-0.25, -0.2) is 0 Å². The Kier molecular flexibility index (Phi) is 2.76. The number of nitrogens with zero attached hydrogens (tertiary/aromatic N) is 2. The van der Waals surface area contributed by atoms with Crippen LogP contribution in [0.2, 0.25) is 0 Å². The zero-order valence-corrected chi connectivity index (χ0v) is 10.4. The van der Waals surface area contributed by atoms with E-state index in [9.17, 15) is 5.11 Å². The molecule has 1 aromatic heterocycles. The lowest BCUT2D eigenvalue weighted by molar-refractivity contribution is -0.660. The van der Waals surface area contributed by atoms with E-state index < -0.39 is 5.95 Å². The molecule has 0 aliphatic carbocycles. The Morgan fingerprint density at radius 1 is 1.00 bits per heavy atom. The highest BCUT2D eigenvalue weighted by Gasteiger charge is 2.21. The minimum Gasteiger partial charge on any atom is -0.539 e. The molecule has 0 amide bonds. The van der Waals surface area contributed by atoms with E-state index in [0.29, 0.717) is 5.69 Å². The van der Waals surface area contributed by atoms with Crippen molar-refractivity contribution < 1.29 is 14.3 Å². The first-order chi connectivity index (χ1) is 9.25. The van der Waals surface area contributed by atoms with Crippen LogP contribution in [-0.2, 0) is 0 Å². The minimum absolute atomic E-state index is 0.436. The minimum atomic E-state index is -0.437. The quantitative estimate of drug-likeness (QED) is 0.655. The van der Waals surface area contributed by atoms with Crippen LogP contribution < -0.4 is 9.79 Å². The second-order valence-electron chi connectivity index (χ2n) is 4.32. The summed E-state index contributed by atoms with van der Waals surface area (Å²) in [6, 6.07) is 17.1. The number of rotatable bonds is 2. The Labute approximate surface area is 110 Å². The number of hydrogen-bond donors (Lipinski definition) is 0. The van der Waals surface area contributed by atoms with Gasteiger partial charge in [-0.3, -0.25) is 0 Å². The van der Waals surface area contributed by atoms with Crippen LogP contribution in [0.25, 0.3) is 16.9 Å². The number of hydrogen-bond acceptors (Lipinski definition) is 3. The van der Waals surface area contributed by atoms with Gasteiger partial charge < -0.3 is 9.63 Å². The van der Waals surface area contributed by atoms with Gasteiger partial charge in [0.1, 0.15) is 0 Å². The van der Waals surface area contributed by atoms with Crippen LogP contribution in [0, 0.1) is 6.92 Å². The molecule has 3 aromatic rings. The lowest BCUT2D eigenvalue weighted by Gasteiger charge is -1.99. The van der Waals surface area contributed by atoms with Gasteiger partial charge in [0.2, 0.25) is 5.69 Å². The molecule has 0 N–H and O–H groups in total. The highest BCUT2D eigenvalue weighted by molar-refractivity contribution is 5.60. The molecule has 0 saturated heterocycles. The van der Waals surface area contributed by atoms with Gasteiger partial charge in [0, 0.05) is 12.1 Å². The second kappa shape index (κ2) is 4.57. The predicted octanol–water partition coefficient (Wildman–Crippen LogP) is 2.00. The van der Waals surface area contributed by atoms with Crippen LogP contribution in [0.1, 0.15) is 5.56 Å². The van der Waals surface area contributed by atoms with Gasteiger partial charge in [-0.15, -0.1) is 0 Å². The Morgan fingerprint density at radius 3 is 2.37 bits per heavy atom. The van der Waals surface area contributed by atoms with E-state index in [-0.39, 0.29) is 0 Å². The maximum atomic E-state index is 11.8. The molecule has 19 heavy (non-hydrogen) atoms. The number of aryl methyl sites for hydroxylation is 1. The summed E-state index contributed by atoms with van der Waals surface area (Å²) in [5.41, 5.74) is 3.16. The van der Waals surface area contributed by atoms with Gasteiger partial charge in [0.15, 0.2) is 5.95 Å². The maximum Gasteiger partial charge on any atom is 0.270 e. The van der Waals surface area contributed by atoms with Crippen LogP contribution in [0.5, 0.6) is 5.95 Å². The highest BCUT2D eigenvalue weighted by Crippen LogP contribution is 2.24. The SMILES string of the molecule is Cc1ccc(-c2c([O-])on[n+]2-c2ccccc2)cc1. The van der Waals surface area contributed by atoms with Gasteiger partial charge in [0.25, 0.3) is 5.69 Å². The molecule has 0 fully saturated rings. The largest absolute Gasteiger partial charge is 0.539 e. The predicted molar refractivity (Wildman–Crippen MR) is 67.7 cm³/mol. The summed E-state index contributed by atoms with van der Waals surface area (Å²) in [5.74, 6) is -0.437. The number of benzene rings is 2. The highest BCUT2D eigenvalue weighted by atomic mass is 16.6. The normalized spacial score (nSPS) is 10.6. The second-order valence-corrected chi connectivity index (χ2v) is 4.32. The Morgan fingerprint density at radius 2 is 1.68 bits per heavy atom. The zero-order valence-electron chi connectivity index (χ0n) is 10.4. The van der Waals surface area contributed by atoms with Crippen molar-refractivity contribution in [3.63, 3.8) is 0 Å². The fourth-order valence-corrected chi connectivity index (χ4v) is 1.95. The molecule has 94 valence electrons. The van der Waals surface area contributed by atoms with E-state index in [4.69, 9.17) is 4.52 Å². The van der Waals surface area contributed by atoms with Crippen LogP contribution in [-0.4, -0.2) is 5.27 Å². The molecule has 0 spiro atoms. The Balaban J connectivity index is 2.17. The molecular weight excluding hydrogens is 240 g/mol. The van der Waals surface area contributed by atoms with Gasteiger partial charge in [-0.1, -0.05) is 35.9 Å². The zero-order chi connectivity index (χ0) is 13.2. The third-order valence-electron chi connectivity index (χ3n) is 2.94. The van der Waals surface area contributed by atoms with E-state index in [1.165, 1.54) is 4.68 Å². The summed E-state index contributed by atoms with van der Waals surface area (Å²) in [7, 11) is 0. The average molecular weight is 252 g/mol. The summed E-state index contributed by atoms with van der Waals surface area (Å²) in [4.78, 5) is 0. The van der Waals surface area contributed by atoms with E-state index >= 15 is 0 Å². The van der Waals surface area contributed by atoms with Crippen molar-refractivity contribution in [3.8, 4) is 22.9 Å². The molecule has 0 aliphatic rings. The topological polar surface area (TPSA) is 53.0 Å². The smallest absolute Gasteiger partial charge is 0.270 e. The van der Waals surface area contributed by atoms with E-state index in [1.54, 1.807) is 0 Å². The summed E-state index contributed by atoms with van der Waals surface area (Å²) >= 11 is 0. The molecule has 0 radical (unpaired) electrons. The molecule has 0 atom stereocenters. The molecule has 0 unspecified atom stereocenters. The molecular formula is C15H12N2O2. The monoisotopic (exact) mass is 252 g/mol. The summed E-state index contributed by atoms with van der Waals surface area (Å²) in [6.07, 6.45) is 0. The first-order valence-corrected chi connectivity index (χ1v) is 5.97. The van der Waals surface area contributed by atoms with Crippen molar-refractivity contribution in [3.05, 3.63) is 60.2 Å². The molecule has 4 heteroatoms. The molecule has 0 bridgehead atoms. The first-order valence-electron chi connectivity index (χ1n) is 5.97. The van der Waals surface area contributed by atoms with Crippen LogP contribution in [0.4, 0.5) is 0 Å². The van der Waals surface area contributed by atoms with Crippen molar-refractivity contribution in [1.29, 1.82) is 0 Å². The fourth-order valence-electron chi connectivity index (χ4n) is 1.95. The molecule has 0 saturated carbocycles. The van der Waals surface area contributed by atoms with E-state index in [0.717, 1.165) is 16.8 Å². The van der Waals surface area contributed by atoms with Gasteiger partial charge in [0.05, 0.1) is 10.8 Å². The van der Waals surface area contributed by atoms with E-state index in [1.807, 2.05) is 61.5 Å². The standard InChI is InChI=1S/C15H12N2O2/c1-11-7-9-12(10-8-11)14-15(18)19-16-17(14)13-5-3-2-4-6-13/h2-10H,1H3. The van der Waals surface area contributed by atoms with Gasteiger partial charge in [-0.05, 0) is 23.7 Å². The molecule has 0 aliphatic heterocycles. The van der Waals surface area contributed by atoms with E-state index in [2.05, 4.69) is 5.27 Å². The molecule has 3 rings (SSSR count). The maximum absolute atomic E-state index is 11.8. The van der Waals surface area contributed by atoms with Crippen molar-refractivity contribution in [2.75, 3.05) is 0 Å². The number of para-hydroxylation sites is 1. The Hall–Kier alpha value is -2.62. The first kappa shape index (κ1) is 11.5. The molecule has 4 nitrogen and oxygen atoms in total. The Bertz CT molecular complexity index is 688. The number of aromatic nitrogens is 2. The summed E-state index contributed by atoms with van der Waals surface area (Å²) < 4.78 is 6.31. The van der Waals surface area contributed by atoms with Gasteiger partial charge >= 0.3 is 0 Å². The third kappa shape index (κ3) is 2.08. The summed E-state index contributed by atoms with van der Waals surface area (Å²) in [5, 5.41) is 15.7. The van der Waals surface area contributed by atoms with Crippen LogP contribution in [0.3, 0.4) is 0 Å². The van der Waals surface area contributed by atoms with Crippen molar-refractivity contribution in [1.82, 2.24) is 5.27 Å². The molecule has 1 heterocycles. The third-order valence-corrected chi connectivity index (χ3v) is 2.94. The molecule has 2 aromatic carbocycles. The lowest BCUT2D eigenvalue weighted by Crippen LogP contribution is -2.34. The van der Waals surface area contributed by atoms with Crippen molar-refractivity contribution in [2.24, 2.45) is 0 Å².